The highest BCUT2D eigenvalue weighted by molar-refractivity contribution is 4.88. The molecule has 1 fully saturated rings. The van der Waals surface area contributed by atoms with Crippen LogP contribution in [0.4, 0.5) is 0 Å². The van der Waals surface area contributed by atoms with E-state index in [4.69, 9.17) is 0 Å². The molecule has 0 aromatic heterocycles. The van der Waals surface area contributed by atoms with Crippen LogP contribution in [0.1, 0.15) is 65.7 Å². The minimum absolute atomic E-state index is 0.257. The maximum Gasteiger partial charge on any atom is 0.107 e. The summed E-state index contributed by atoms with van der Waals surface area (Å²) in [7, 11) is 2.10. The predicted molar refractivity (Wildman–Crippen MR) is 69.3 cm³/mol. The second-order valence-electron chi connectivity index (χ2n) is 6.04. The minimum atomic E-state index is -0.257. The van der Waals surface area contributed by atoms with Crippen LogP contribution in [0.15, 0.2) is 0 Å². The molecule has 2 nitrogen and oxygen atoms in total. The number of aliphatic hydroxyl groups is 1. The first-order valence-corrected chi connectivity index (χ1v) is 6.89. The summed E-state index contributed by atoms with van der Waals surface area (Å²) in [6.07, 6.45) is 8.25. The maximum atomic E-state index is 10.1. The molecule has 1 aliphatic rings. The fraction of sp³-hybridized carbons (Fsp3) is 1.00. The van der Waals surface area contributed by atoms with Crippen LogP contribution >= 0.6 is 0 Å². The van der Waals surface area contributed by atoms with Crippen molar-refractivity contribution in [2.24, 2.45) is 5.41 Å². The van der Waals surface area contributed by atoms with Gasteiger partial charge in [0.05, 0.1) is 0 Å². The van der Waals surface area contributed by atoms with Crippen molar-refractivity contribution in [3.8, 4) is 0 Å². The molecule has 0 spiro atoms. The Balaban J connectivity index is 2.66. The summed E-state index contributed by atoms with van der Waals surface area (Å²) in [5, 5.41) is 10.1. The summed E-state index contributed by atoms with van der Waals surface area (Å²) in [5.41, 5.74) is 0.347. The molecule has 1 N–H and O–H groups in total. The number of hydrogen-bond acceptors (Lipinski definition) is 2. The van der Waals surface area contributed by atoms with Gasteiger partial charge >= 0.3 is 0 Å². The lowest BCUT2D eigenvalue weighted by Crippen LogP contribution is -2.47. The maximum absolute atomic E-state index is 10.1. The van der Waals surface area contributed by atoms with Crippen molar-refractivity contribution in [2.75, 3.05) is 7.05 Å². The third kappa shape index (κ3) is 3.46. The van der Waals surface area contributed by atoms with Gasteiger partial charge in [-0.15, -0.1) is 0 Å². The van der Waals surface area contributed by atoms with E-state index in [0.717, 1.165) is 12.8 Å². The third-order valence-electron chi connectivity index (χ3n) is 4.21. The Bertz CT molecular complexity index is 203. The van der Waals surface area contributed by atoms with E-state index in [1.807, 2.05) is 0 Å². The van der Waals surface area contributed by atoms with E-state index in [1.54, 1.807) is 0 Å². The Morgan fingerprint density at radius 1 is 1.31 bits per heavy atom. The van der Waals surface area contributed by atoms with Crippen LogP contribution in [0.2, 0.25) is 0 Å². The van der Waals surface area contributed by atoms with Crippen molar-refractivity contribution in [1.82, 2.24) is 4.90 Å². The van der Waals surface area contributed by atoms with Gasteiger partial charge in [-0.1, -0.05) is 46.5 Å². The molecule has 2 atom stereocenters. The smallest absolute Gasteiger partial charge is 0.107 e. The van der Waals surface area contributed by atoms with Gasteiger partial charge < -0.3 is 5.11 Å². The van der Waals surface area contributed by atoms with Crippen LogP contribution in [0.3, 0.4) is 0 Å². The van der Waals surface area contributed by atoms with Crippen molar-refractivity contribution in [2.45, 2.75) is 78.0 Å². The van der Waals surface area contributed by atoms with Gasteiger partial charge in [-0.25, -0.2) is 0 Å². The van der Waals surface area contributed by atoms with Crippen molar-refractivity contribution >= 4 is 0 Å². The third-order valence-corrected chi connectivity index (χ3v) is 4.21. The molecule has 0 aromatic carbocycles. The summed E-state index contributed by atoms with van der Waals surface area (Å²) in [5.74, 6) is 0. The fourth-order valence-electron chi connectivity index (χ4n) is 3.08. The minimum Gasteiger partial charge on any atom is -0.378 e. The van der Waals surface area contributed by atoms with Crippen molar-refractivity contribution in [3.63, 3.8) is 0 Å². The van der Waals surface area contributed by atoms with E-state index in [9.17, 15) is 5.11 Å². The van der Waals surface area contributed by atoms with Gasteiger partial charge in [0.2, 0.25) is 0 Å². The Morgan fingerprint density at radius 3 is 2.62 bits per heavy atom. The molecular formula is C14H29NO. The van der Waals surface area contributed by atoms with Crippen LogP contribution in [0.5, 0.6) is 0 Å². The topological polar surface area (TPSA) is 23.5 Å². The molecule has 1 rings (SSSR count). The Kier molecular flexibility index (Phi) is 5.26. The molecule has 2 heteroatoms. The molecule has 16 heavy (non-hydrogen) atoms. The molecule has 0 amide bonds. The molecule has 0 saturated heterocycles. The van der Waals surface area contributed by atoms with Crippen molar-refractivity contribution in [1.29, 1.82) is 0 Å². The monoisotopic (exact) mass is 227 g/mol. The van der Waals surface area contributed by atoms with Crippen LogP contribution in [-0.4, -0.2) is 29.3 Å². The summed E-state index contributed by atoms with van der Waals surface area (Å²) < 4.78 is 0. The zero-order valence-corrected chi connectivity index (χ0v) is 11.5. The number of aliphatic hydroxyl groups excluding tert-OH is 1. The molecule has 1 aliphatic carbocycles. The normalized spacial score (nSPS) is 27.8. The average Bonchev–Trinajstić information content (AvgIpc) is 2.38. The zero-order chi connectivity index (χ0) is 12.2. The fourth-order valence-corrected chi connectivity index (χ4v) is 3.08. The van der Waals surface area contributed by atoms with E-state index in [-0.39, 0.29) is 6.23 Å². The first-order chi connectivity index (χ1) is 7.49. The predicted octanol–water partition coefficient (Wildman–Crippen LogP) is 3.40. The molecule has 0 bridgehead atoms. The molecule has 0 aromatic rings. The molecule has 0 aliphatic heterocycles. The largest absolute Gasteiger partial charge is 0.378 e. The van der Waals surface area contributed by atoms with E-state index in [2.05, 4.69) is 32.7 Å². The van der Waals surface area contributed by atoms with Crippen molar-refractivity contribution < 1.29 is 5.11 Å². The molecule has 0 radical (unpaired) electrons. The van der Waals surface area contributed by atoms with Crippen LogP contribution < -0.4 is 0 Å². The Labute approximate surface area is 101 Å². The molecule has 2 unspecified atom stereocenters. The van der Waals surface area contributed by atoms with E-state index < -0.39 is 0 Å². The lowest BCUT2D eigenvalue weighted by Gasteiger charge is -2.41. The first kappa shape index (κ1) is 14.0. The lowest BCUT2D eigenvalue weighted by atomic mass is 9.79. The highest BCUT2D eigenvalue weighted by atomic mass is 16.3. The van der Waals surface area contributed by atoms with E-state index in [1.165, 1.54) is 32.1 Å². The number of hydrogen-bond donors (Lipinski definition) is 1. The molecular weight excluding hydrogens is 198 g/mol. The SMILES string of the molecule is CCCC(O)N(C)C1CCCCCC1(C)C. The lowest BCUT2D eigenvalue weighted by molar-refractivity contribution is -0.0474. The molecule has 0 heterocycles. The van der Waals surface area contributed by atoms with Crippen molar-refractivity contribution in [3.05, 3.63) is 0 Å². The number of nitrogens with zero attached hydrogens (tertiary/aromatic N) is 1. The quantitative estimate of drug-likeness (QED) is 0.588. The second kappa shape index (κ2) is 6.02. The summed E-state index contributed by atoms with van der Waals surface area (Å²) in [6, 6.07) is 0.538. The molecule has 96 valence electrons. The highest BCUT2D eigenvalue weighted by Gasteiger charge is 2.35. The highest BCUT2D eigenvalue weighted by Crippen LogP contribution is 2.37. The van der Waals surface area contributed by atoms with Crippen LogP contribution in [0.25, 0.3) is 0 Å². The van der Waals surface area contributed by atoms with Gasteiger partial charge in [-0.3, -0.25) is 4.90 Å². The van der Waals surface area contributed by atoms with E-state index >= 15 is 0 Å². The summed E-state index contributed by atoms with van der Waals surface area (Å²) in [6.45, 7) is 6.85. The zero-order valence-electron chi connectivity index (χ0n) is 11.5. The van der Waals surface area contributed by atoms with Gasteiger partial charge in [0, 0.05) is 6.04 Å². The standard InChI is InChI=1S/C14H29NO/c1-5-9-13(16)15(4)12-10-7-6-8-11-14(12,2)3/h12-13,16H,5-11H2,1-4H3. The average molecular weight is 227 g/mol. The van der Waals surface area contributed by atoms with Gasteiger partial charge in [-0.05, 0) is 31.7 Å². The Hall–Kier alpha value is -0.0800. The second-order valence-corrected chi connectivity index (χ2v) is 6.04. The van der Waals surface area contributed by atoms with Crippen LogP contribution in [-0.2, 0) is 0 Å². The van der Waals surface area contributed by atoms with Gasteiger partial charge in [0.15, 0.2) is 0 Å². The molecule has 1 saturated carbocycles. The van der Waals surface area contributed by atoms with Gasteiger partial charge in [0.1, 0.15) is 6.23 Å². The first-order valence-electron chi connectivity index (χ1n) is 6.89. The van der Waals surface area contributed by atoms with Gasteiger partial charge in [0.25, 0.3) is 0 Å². The number of rotatable bonds is 4. The summed E-state index contributed by atoms with van der Waals surface area (Å²) >= 11 is 0. The van der Waals surface area contributed by atoms with Crippen LogP contribution in [0, 0.1) is 5.41 Å². The summed E-state index contributed by atoms with van der Waals surface area (Å²) in [4.78, 5) is 2.22. The van der Waals surface area contributed by atoms with E-state index in [0.29, 0.717) is 11.5 Å². The Morgan fingerprint density at radius 2 is 2.00 bits per heavy atom. The van der Waals surface area contributed by atoms with Gasteiger partial charge in [-0.2, -0.15) is 0 Å².